The van der Waals surface area contributed by atoms with E-state index in [0.717, 1.165) is 0 Å². The fourth-order valence-electron chi connectivity index (χ4n) is 0.937. The van der Waals surface area contributed by atoms with Crippen LogP contribution in [0.1, 0.15) is 21.8 Å². The van der Waals surface area contributed by atoms with E-state index in [9.17, 15) is 4.79 Å². The van der Waals surface area contributed by atoms with Gasteiger partial charge in [-0.15, -0.1) is 0 Å². The summed E-state index contributed by atoms with van der Waals surface area (Å²) in [6.45, 7) is 6.81. The number of ketones is 1. The summed E-state index contributed by atoms with van der Waals surface area (Å²) in [5.41, 5.74) is 1.15. The Labute approximate surface area is 64.7 Å². The molecule has 0 bridgehead atoms. The normalized spacial score (nSPS) is 9.64. The Bertz CT molecular complexity index is 280. The molecule has 0 aromatic carbocycles. The highest BCUT2D eigenvalue weighted by Crippen LogP contribution is 2.12. The van der Waals surface area contributed by atoms with Crippen LogP contribution in [0.2, 0.25) is 0 Å². The van der Waals surface area contributed by atoms with E-state index in [-0.39, 0.29) is 5.78 Å². The van der Waals surface area contributed by atoms with Gasteiger partial charge in [0.15, 0.2) is 5.78 Å². The van der Waals surface area contributed by atoms with Crippen molar-refractivity contribution in [3.8, 4) is 0 Å². The van der Waals surface area contributed by atoms with Crippen LogP contribution < -0.4 is 0 Å². The van der Waals surface area contributed by atoms with Crippen LogP contribution in [0.5, 0.6) is 0 Å². The van der Waals surface area contributed by atoms with Crippen LogP contribution >= 0.6 is 0 Å². The molecule has 0 unspecified atom stereocenters. The molecule has 0 amide bonds. The van der Waals surface area contributed by atoms with Crippen LogP contribution in [0.4, 0.5) is 0 Å². The number of hydrogen-bond donors (Lipinski definition) is 0. The summed E-state index contributed by atoms with van der Waals surface area (Å²) in [7, 11) is 0. The number of nitrogens with zero attached hydrogens (tertiary/aromatic N) is 1. The monoisotopic (exact) mass is 151 g/mol. The molecule has 0 fully saturated rings. The highest BCUT2D eigenvalue weighted by molar-refractivity contribution is 6.05. The average Bonchev–Trinajstić information content (AvgIpc) is 2.30. The Balaban J connectivity index is 3.20. The van der Waals surface area contributed by atoms with Gasteiger partial charge in [0.05, 0.1) is 11.3 Å². The van der Waals surface area contributed by atoms with Gasteiger partial charge in [0, 0.05) is 0 Å². The maximum absolute atomic E-state index is 11.1. The lowest BCUT2D eigenvalue weighted by Crippen LogP contribution is -1.96. The predicted molar refractivity (Wildman–Crippen MR) is 40.5 cm³/mol. The van der Waals surface area contributed by atoms with Crippen molar-refractivity contribution >= 4 is 5.78 Å². The van der Waals surface area contributed by atoms with Crippen molar-refractivity contribution in [2.75, 3.05) is 0 Å². The van der Waals surface area contributed by atoms with Crippen LogP contribution in [-0.4, -0.2) is 10.9 Å². The second-order valence-electron chi connectivity index (χ2n) is 2.27. The molecule has 3 nitrogen and oxygen atoms in total. The molecule has 1 rings (SSSR count). The Hall–Kier alpha value is -1.38. The summed E-state index contributed by atoms with van der Waals surface area (Å²) >= 11 is 0. The van der Waals surface area contributed by atoms with Gasteiger partial charge >= 0.3 is 0 Å². The van der Waals surface area contributed by atoms with Crippen LogP contribution in [-0.2, 0) is 0 Å². The van der Waals surface area contributed by atoms with E-state index < -0.39 is 0 Å². The van der Waals surface area contributed by atoms with E-state index in [1.807, 2.05) is 0 Å². The molecule has 0 aliphatic heterocycles. The van der Waals surface area contributed by atoms with Gasteiger partial charge in [0.2, 0.25) is 0 Å². The van der Waals surface area contributed by atoms with Crippen molar-refractivity contribution in [3.63, 3.8) is 0 Å². The molecule has 1 aromatic rings. The number of rotatable bonds is 2. The fraction of sp³-hybridized carbons (Fsp3) is 0.250. The molecule has 11 heavy (non-hydrogen) atoms. The molecule has 3 heteroatoms. The first-order valence-electron chi connectivity index (χ1n) is 3.26. The van der Waals surface area contributed by atoms with Crippen LogP contribution in [0.15, 0.2) is 17.2 Å². The van der Waals surface area contributed by atoms with Crippen molar-refractivity contribution in [3.05, 3.63) is 29.7 Å². The molecule has 1 heterocycles. The topological polar surface area (TPSA) is 43.1 Å². The Morgan fingerprint density at radius 2 is 2.27 bits per heavy atom. The zero-order valence-electron chi connectivity index (χ0n) is 6.55. The summed E-state index contributed by atoms with van der Waals surface area (Å²) < 4.78 is 4.80. The Morgan fingerprint density at radius 1 is 1.64 bits per heavy atom. The third-order valence-corrected chi connectivity index (χ3v) is 1.47. The molecule has 0 saturated heterocycles. The molecular weight excluding hydrogens is 142 g/mol. The van der Waals surface area contributed by atoms with E-state index in [1.165, 1.54) is 6.08 Å². The highest BCUT2D eigenvalue weighted by atomic mass is 16.5. The summed E-state index contributed by atoms with van der Waals surface area (Å²) in [6.07, 6.45) is 1.26. The number of aryl methyl sites for hydroxylation is 2. The van der Waals surface area contributed by atoms with Gasteiger partial charge in [-0.3, -0.25) is 4.79 Å². The molecule has 0 N–H and O–H groups in total. The molecule has 0 radical (unpaired) electrons. The summed E-state index contributed by atoms with van der Waals surface area (Å²) in [5.74, 6) is 0.411. The number of hydrogen-bond acceptors (Lipinski definition) is 3. The van der Waals surface area contributed by atoms with Gasteiger partial charge in [0.25, 0.3) is 0 Å². The molecule has 58 valence electrons. The predicted octanol–water partition coefficient (Wildman–Crippen LogP) is 1.66. The quantitative estimate of drug-likeness (QED) is 0.477. The lowest BCUT2D eigenvalue weighted by atomic mass is 10.1. The van der Waals surface area contributed by atoms with E-state index in [0.29, 0.717) is 17.0 Å². The van der Waals surface area contributed by atoms with E-state index in [4.69, 9.17) is 4.52 Å². The maximum atomic E-state index is 11.1. The maximum Gasteiger partial charge on any atom is 0.190 e. The van der Waals surface area contributed by atoms with Crippen LogP contribution in [0.3, 0.4) is 0 Å². The van der Waals surface area contributed by atoms with E-state index in [1.54, 1.807) is 13.8 Å². The third kappa shape index (κ3) is 1.22. The minimum Gasteiger partial charge on any atom is -0.361 e. The molecule has 0 atom stereocenters. The van der Waals surface area contributed by atoms with Gasteiger partial charge in [-0.1, -0.05) is 11.7 Å². The minimum atomic E-state index is -0.138. The Kier molecular flexibility index (Phi) is 1.89. The SMILES string of the molecule is C=CC(=O)c1c(C)noc1C. The fourth-order valence-corrected chi connectivity index (χ4v) is 0.937. The van der Waals surface area contributed by atoms with Gasteiger partial charge in [0.1, 0.15) is 5.76 Å². The van der Waals surface area contributed by atoms with E-state index in [2.05, 4.69) is 11.7 Å². The standard InChI is InChI=1S/C8H9NO2/c1-4-7(10)8-5(2)9-11-6(8)3/h4H,1H2,2-3H3. The molecule has 1 aromatic heterocycles. The number of carbonyl (C=O) groups is 1. The first-order chi connectivity index (χ1) is 5.16. The minimum absolute atomic E-state index is 0.138. The first kappa shape index (κ1) is 7.72. The first-order valence-corrected chi connectivity index (χ1v) is 3.26. The molecule has 0 aliphatic rings. The number of carbonyl (C=O) groups excluding carboxylic acids is 1. The van der Waals surface area contributed by atoms with E-state index >= 15 is 0 Å². The van der Waals surface area contributed by atoms with Crippen LogP contribution in [0.25, 0.3) is 0 Å². The van der Waals surface area contributed by atoms with Gasteiger partial charge in [-0.25, -0.2) is 0 Å². The molecule has 0 spiro atoms. The lowest BCUT2D eigenvalue weighted by Gasteiger charge is -1.89. The van der Waals surface area contributed by atoms with Crippen molar-refractivity contribution < 1.29 is 9.32 Å². The second-order valence-corrected chi connectivity index (χ2v) is 2.27. The zero-order chi connectivity index (χ0) is 8.43. The van der Waals surface area contributed by atoms with Gasteiger partial charge in [-0.05, 0) is 19.9 Å². The smallest absolute Gasteiger partial charge is 0.190 e. The zero-order valence-corrected chi connectivity index (χ0v) is 6.55. The number of allylic oxidation sites excluding steroid dienone is 1. The average molecular weight is 151 g/mol. The van der Waals surface area contributed by atoms with Gasteiger partial charge in [-0.2, -0.15) is 0 Å². The van der Waals surface area contributed by atoms with Crippen molar-refractivity contribution in [2.24, 2.45) is 0 Å². The molecular formula is C8H9NO2. The highest BCUT2D eigenvalue weighted by Gasteiger charge is 2.13. The van der Waals surface area contributed by atoms with Crippen molar-refractivity contribution in [1.29, 1.82) is 0 Å². The third-order valence-electron chi connectivity index (χ3n) is 1.47. The largest absolute Gasteiger partial charge is 0.361 e. The molecule has 0 saturated carbocycles. The summed E-state index contributed by atoms with van der Waals surface area (Å²) in [5, 5.41) is 3.64. The van der Waals surface area contributed by atoms with Crippen molar-refractivity contribution in [2.45, 2.75) is 13.8 Å². The second kappa shape index (κ2) is 2.70. The van der Waals surface area contributed by atoms with Crippen LogP contribution in [0, 0.1) is 13.8 Å². The summed E-state index contributed by atoms with van der Waals surface area (Å²) in [4.78, 5) is 11.1. The summed E-state index contributed by atoms with van der Waals surface area (Å²) in [6, 6.07) is 0. The van der Waals surface area contributed by atoms with Crippen molar-refractivity contribution in [1.82, 2.24) is 5.16 Å². The van der Waals surface area contributed by atoms with Gasteiger partial charge < -0.3 is 4.52 Å². The lowest BCUT2D eigenvalue weighted by molar-refractivity contribution is 0.104. The molecule has 0 aliphatic carbocycles. The Morgan fingerprint density at radius 3 is 2.64 bits per heavy atom. The number of aromatic nitrogens is 1.